The summed E-state index contributed by atoms with van der Waals surface area (Å²) in [5.41, 5.74) is 1.07. The second kappa shape index (κ2) is 15.9. The Hall–Kier alpha value is -2.80. The fourth-order valence-corrected chi connectivity index (χ4v) is 7.06. The van der Waals surface area contributed by atoms with Crippen LogP contribution in [0.4, 0.5) is 0 Å². The Kier molecular flexibility index (Phi) is 12.9. The zero-order chi connectivity index (χ0) is 24.5. The number of benzene rings is 3. The highest BCUT2D eigenvalue weighted by molar-refractivity contribution is 6.96. The molecular formula is C31H40O2Si. The molecule has 0 radical (unpaired) electrons. The average molecular weight is 473 g/mol. The van der Waals surface area contributed by atoms with Gasteiger partial charge in [0.1, 0.15) is 5.75 Å². The molecule has 3 aromatic rings. The first-order chi connectivity index (χ1) is 16.6. The molecule has 0 atom stereocenters. The van der Waals surface area contributed by atoms with Crippen LogP contribution in [0, 0.1) is 11.8 Å². The molecule has 0 aliphatic carbocycles. The van der Waals surface area contributed by atoms with Crippen LogP contribution in [-0.2, 0) is 0 Å². The monoisotopic (exact) mass is 472 g/mol. The molecule has 0 aliphatic rings. The maximum absolute atomic E-state index is 11.2. The van der Waals surface area contributed by atoms with Crippen molar-refractivity contribution >= 4 is 18.7 Å². The summed E-state index contributed by atoms with van der Waals surface area (Å²) in [5, 5.41) is 2.23. The van der Waals surface area contributed by atoms with Crippen molar-refractivity contribution in [3.05, 3.63) is 90.5 Å². The van der Waals surface area contributed by atoms with E-state index in [2.05, 4.69) is 50.0 Å². The largest absolute Gasteiger partial charge is 0.497 e. The maximum atomic E-state index is 11.2. The Bertz CT molecular complexity index is 933. The molecule has 180 valence electrons. The molecule has 0 saturated carbocycles. The van der Waals surface area contributed by atoms with E-state index in [4.69, 9.17) is 4.74 Å². The average Bonchev–Trinajstić information content (AvgIpc) is 2.91. The number of rotatable bonds is 10. The van der Waals surface area contributed by atoms with Gasteiger partial charge in [-0.25, -0.2) is 0 Å². The van der Waals surface area contributed by atoms with E-state index in [-0.39, 0.29) is 0 Å². The van der Waals surface area contributed by atoms with Gasteiger partial charge in [0.25, 0.3) is 8.32 Å². The van der Waals surface area contributed by atoms with Crippen LogP contribution < -0.4 is 15.1 Å². The van der Waals surface area contributed by atoms with Crippen LogP contribution in [0.25, 0.3) is 0 Å². The molecule has 34 heavy (non-hydrogen) atoms. The topological polar surface area (TPSA) is 29.5 Å². The maximum Gasteiger partial charge on any atom is 0.252 e. The van der Waals surface area contributed by atoms with E-state index in [0.29, 0.717) is 0 Å². The van der Waals surface area contributed by atoms with Gasteiger partial charge < -0.3 is 9.53 Å². The summed E-state index contributed by atoms with van der Waals surface area (Å²) >= 11 is 0. The fraction of sp³-hybridized carbons (Fsp3) is 0.355. The van der Waals surface area contributed by atoms with E-state index in [1.807, 2.05) is 60.7 Å². The zero-order valence-corrected chi connectivity index (χ0v) is 22.1. The van der Waals surface area contributed by atoms with Crippen molar-refractivity contribution in [2.24, 2.45) is 0 Å². The predicted molar refractivity (Wildman–Crippen MR) is 148 cm³/mol. The van der Waals surface area contributed by atoms with Crippen LogP contribution in [0.15, 0.2) is 84.9 Å². The summed E-state index contributed by atoms with van der Waals surface area (Å²) < 4.78 is 5.09. The predicted octanol–water partition coefficient (Wildman–Crippen LogP) is 6.56. The van der Waals surface area contributed by atoms with Crippen LogP contribution >= 0.6 is 0 Å². The lowest BCUT2D eigenvalue weighted by molar-refractivity contribution is 0.415. The standard InChI is InChI=1S/C16H20OSi.C15H20O/c1-2-3-14-18(17,15-10-6-4-7-11-15)16-12-8-5-9-13-16;1-3-4-5-6-7-8-9-14-10-12-15(16-2)13-11-14/h4-13,17H,2-3,14H2,1H3;10-13H,3-7H2,1-2H3. The Labute approximate surface area is 208 Å². The first-order valence-electron chi connectivity index (χ1n) is 12.6. The number of hydrogen-bond acceptors (Lipinski definition) is 2. The molecule has 0 fully saturated rings. The number of ether oxygens (including phenoxy) is 1. The smallest absolute Gasteiger partial charge is 0.252 e. The first kappa shape index (κ1) is 27.4. The second-order valence-electron chi connectivity index (χ2n) is 8.54. The Morgan fingerprint density at radius 2 is 1.26 bits per heavy atom. The van der Waals surface area contributed by atoms with Crippen molar-refractivity contribution < 1.29 is 9.53 Å². The summed E-state index contributed by atoms with van der Waals surface area (Å²) in [5.74, 6) is 7.26. The van der Waals surface area contributed by atoms with Crippen molar-refractivity contribution in [2.45, 2.75) is 64.8 Å². The third-order valence-corrected chi connectivity index (χ3v) is 9.53. The third-order valence-electron chi connectivity index (χ3n) is 5.87. The summed E-state index contributed by atoms with van der Waals surface area (Å²) in [6.07, 6.45) is 8.33. The van der Waals surface area contributed by atoms with Crippen LogP contribution in [0.1, 0.15) is 64.4 Å². The Morgan fingerprint density at radius 1 is 0.706 bits per heavy atom. The van der Waals surface area contributed by atoms with E-state index in [0.717, 1.165) is 47.0 Å². The summed E-state index contributed by atoms with van der Waals surface area (Å²) in [6.45, 7) is 4.40. The lowest BCUT2D eigenvalue weighted by Crippen LogP contribution is -2.58. The summed E-state index contributed by atoms with van der Waals surface area (Å²) in [7, 11) is -0.848. The van der Waals surface area contributed by atoms with Gasteiger partial charge in [0.2, 0.25) is 0 Å². The quantitative estimate of drug-likeness (QED) is 0.206. The van der Waals surface area contributed by atoms with Crippen LogP contribution in [0.3, 0.4) is 0 Å². The van der Waals surface area contributed by atoms with Gasteiger partial charge in [-0.05, 0) is 47.1 Å². The van der Waals surface area contributed by atoms with Gasteiger partial charge in [-0.2, -0.15) is 0 Å². The minimum absolute atomic E-state index is 0.883. The highest BCUT2D eigenvalue weighted by atomic mass is 28.4. The molecule has 0 unspecified atom stereocenters. The first-order valence-corrected chi connectivity index (χ1v) is 14.8. The Balaban J connectivity index is 0.000000242. The molecule has 0 heterocycles. The van der Waals surface area contributed by atoms with E-state index in [9.17, 15) is 4.80 Å². The van der Waals surface area contributed by atoms with Gasteiger partial charge in [-0.1, -0.05) is 118 Å². The molecule has 0 aliphatic heterocycles. The molecule has 1 N–H and O–H groups in total. The SMILES string of the molecule is CCCCCCC#Cc1ccc(OC)cc1.CCCC[Si](O)(c1ccccc1)c1ccccc1. The van der Waals surface area contributed by atoms with Gasteiger partial charge in [-0.15, -0.1) is 0 Å². The van der Waals surface area contributed by atoms with E-state index in [1.54, 1.807) is 7.11 Å². The van der Waals surface area contributed by atoms with Crippen molar-refractivity contribution in [1.29, 1.82) is 0 Å². The lowest BCUT2D eigenvalue weighted by atomic mass is 10.1. The molecule has 0 amide bonds. The number of unbranched alkanes of at least 4 members (excludes halogenated alkanes) is 5. The highest BCUT2D eigenvalue weighted by Gasteiger charge is 2.34. The molecule has 0 aromatic heterocycles. The molecule has 2 nitrogen and oxygen atoms in total. The molecule has 0 bridgehead atoms. The van der Waals surface area contributed by atoms with Crippen LogP contribution in [-0.4, -0.2) is 20.2 Å². The van der Waals surface area contributed by atoms with Gasteiger partial charge >= 0.3 is 0 Å². The molecule has 3 heteroatoms. The number of methoxy groups -OCH3 is 1. The van der Waals surface area contributed by atoms with Crippen molar-refractivity contribution in [2.75, 3.05) is 7.11 Å². The van der Waals surface area contributed by atoms with E-state index < -0.39 is 8.32 Å². The van der Waals surface area contributed by atoms with Gasteiger partial charge in [-0.3, -0.25) is 0 Å². The van der Waals surface area contributed by atoms with E-state index >= 15 is 0 Å². The number of hydrogen-bond donors (Lipinski definition) is 1. The molecule has 3 aromatic carbocycles. The van der Waals surface area contributed by atoms with Crippen molar-refractivity contribution in [1.82, 2.24) is 0 Å². The van der Waals surface area contributed by atoms with Gasteiger partial charge in [0.15, 0.2) is 0 Å². The van der Waals surface area contributed by atoms with Crippen molar-refractivity contribution in [3.8, 4) is 17.6 Å². The fourth-order valence-electron chi connectivity index (χ4n) is 3.79. The van der Waals surface area contributed by atoms with Crippen LogP contribution in [0.2, 0.25) is 6.04 Å². The zero-order valence-electron chi connectivity index (χ0n) is 21.1. The second-order valence-corrected chi connectivity index (χ2v) is 11.9. The summed E-state index contributed by atoms with van der Waals surface area (Å²) in [6, 6.07) is 29.1. The molecule has 3 rings (SSSR count). The molecule has 0 saturated heterocycles. The lowest BCUT2D eigenvalue weighted by Gasteiger charge is -2.26. The summed E-state index contributed by atoms with van der Waals surface area (Å²) in [4.78, 5) is 11.2. The molecule has 0 spiro atoms. The van der Waals surface area contributed by atoms with Gasteiger partial charge in [0, 0.05) is 12.0 Å². The van der Waals surface area contributed by atoms with Crippen molar-refractivity contribution in [3.63, 3.8) is 0 Å². The third kappa shape index (κ3) is 9.21. The highest BCUT2D eigenvalue weighted by Crippen LogP contribution is 2.12. The van der Waals surface area contributed by atoms with Gasteiger partial charge in [0.05, 0.1) is 7.11 Å². The molecular weight excluding hydrogens is 432 g/mol. The van der Waals surface area contributed by atoms with Crippen LogP contribution in [0.5, 0.6) is 5.75 Å². The minimum atomic E-state index is -2.52. The van der Waals surface area contributed by atoms with E-state index in [1.165, 1.54) is 25.7 Å². The minimum Gasteiger partial charge on any atom is -0.497 e. The normalized spacial score (nSPS) is 10.5. The Morgan fingerprint density at radius 3 is 1.76 bits per heavy atom.